The minimum atomic E-state index is -0.0653. The van der Waals surface area contributed by atoms with E-state index < -0.39 is 0 Å². The number of nitrogens with one attached hydrogen (secondary N) is 1. The quantitative estimate of drug-likeness (QED) is 0.368. The number of aryl methyl sites for hydroxylation is 1. The molecule has 0 aliphatic carbocycles. The maximum Gasteiger partial charge on any atom is 0.239 e. The molecule has 2 amide bonds. The van der Waals surface area contributed by atoms with Crippen molar-refractivity contribution in [2.45, 2.75) is 49.7 Å². The minimum Gasteiger partial charge on any atom is -0.355 e. The van der Waals surface area contributed by atoms with E-state index in [1.807, 2.05) is 30.3 Å². The maximum atomic E-state index is 12.2. The van der Waals surface area contributed by atoms with E-state index in [0.717, 1.165) is 30.0 Å². The number of β-lactam (4-membered cyclic amide) rings is 1. The molecule has 1 unspecified atom stereocenters. The number of carbonyl (C=O) groups excluding carboxylic acids is 2. The summed E-state index contributed by atoms with van der Waals surface area (Å²) in [5.41, 5.74) is 2.55. The monoisotopic (exact) mass is 444 g/mol. The average molecular weight is 445 g/mol. The van der Waals surface area contributed by atoms with E-state index in [0.29, 0.717) is 13.0 Å². The van der Waals surface area contributed by atoms with Crippen LogP contribution >= 0.6 is 23.4 Å². The van der Waals surface area contributed by atoms with Crippen LogP contribution in [0.25, 0.3) is 0 Å². The Morgan fingerprint density at radius 1 is 1.00 bits per heavy atom. The van der Waals surface area contributed by atoms with Crippen LogP contribution in [0.3, 0.4) is 0 Å². The fraction of sp³-hybridized carbons (Fsp3) is 0.417. The van der Waals surface area contributed by atoms with Crippen molar-refractivity contribution < 1.29 is 9.59 Å². The smallest absolute Gasteiger partial charge is 0.239 e. The van der Waals surface area contributed by atoms with Crippen molar-refractivity contribution in [1.82, 2.24) is 10.2 Å². The van der Waals surface area contributed by atoms with Crippen LogP contribution in [0.2, 0.25) is 5.02 Å². The van der Waals surface area contributed by atoms with Gasteiger partial charge in [0.2, 0.25) is 11.8 Å². The SMILES string of the molecule is O=C(CN1C(=O)CC1SCc1ccc(Cl)cc1)NCCCCCCc1ccccc1. The Labute approximate surface area is 188 Å². The van der Waals surface area contributed by atoms with E-state index in [2.05, 4.69) is 29.6 Å². The van der Waals surface area contributed by atoms with Crippen molar-refractivity contribution in [2.24, 2.45) is 0 Å². The van der Waals surface area contributed by atoms with Gasteiger partial charge in [0.05, 0.1) is 11.8 Å². The predicted molar refractivity (Wildman–Crippen MR) is 124 cm³/mol. The number of unbranched alkanes of at least 4 members (excludes halogenated alkanes) is 3. The first-order valence-corrected chi connectivity index (χ1v) is 12.0. The molecule has 1 atom stereocenters. The summed E-state index contributed by atoms with van der Waals surface area (Å²) in [5.74, 6) is 0.792. The van der Waals surface area contributed by atoms with Gasteiger partial charge in [-0.25, -0.2) is 0 Å². The Balaban J connectivity index is 1.25. The fourth-order valence-corrected chi connectivity index (χ4v) is 4.76. The number of carbonyl (C=O) groups is 2. The highest BCUT2D eigenvalue weighted by Gasteiger charge is 2.37. The Kier molecular flexibility index (Phi) is 9.09. The van der Waals surface area contributed by atoms with Gasteiger partial charge in [-0.05, 0) is 42.5 Å². The molecular weight excluding hydrogens is 416 g/mol. The number of nitrogens with zero attached hydrogens (tertiary/aromatic N) is 1. The van der Waals surface area contributed by atoms with Crippen LogP contribution < -0.4 is 5.32 Å². The number of amides is 2. The highest BCUT2D eigenvalue weighted by molar-refractivity contribution is 7.99. The Bertz CT molecular complexity index is 814. The molecule has 0 spiro atoms. The lowest BCUT2D eigenvalue weighted by molar-refractivity contribution is -0.145. The molecule has 1 aliphatic rings. The molecule has 1 saturated heterocycles. The summed E-state index contributed by atoms with van der Waals surface area (Å²) < 4.78 is 0. The van der Waals surface area contributed by atoms with E-state index in [1.54, 1.807) is 16.7 Å². The zero-order chi connectivity index (χ0) is 21.2. The molecule has 1 N–H and O–H groups in total. The second-order valence-electron chi connectivity index (χ2n) is 7.62. The number of hydrogen-bond donors (Lipinski definition) is 1. The van der Waals surface area contributed by atoms with Crippen molar-refractivity contribution in [2.75, 3.05) is 13.1 Å². The molecular formula is C24H29ClN2O2S. The molecule has 1 aliphatic heterocycles. The number of halogens is 1. The maximum absolute atomic E-state index is 12.2. The summed E-state index contributed by atoms with van der Waals surface area (Å²) in [6.45, 7) is 0.833. The van der Waals surface area contributed by atoms with E-state index in [4.69, 9.17) is 11.6 Å². The molecule has 0 bridgehead atoms. The van der Waals surface area contributed by atoms with Gasteiger partial charge in [0.15, 0.2) is 0 Å². The minimum absolute atomic E-state index is 0.0552. The largest absolute Gasteiger partial charge is 0.355 e. The van der Waals surface area contributed by atoms with Crippen LogP contribution in [0.4, 0.5) is 0 Å². The topological polar surface area (TPSA) is 49.4 Å². The molecule has 2 aromatic carbocycles. The third-order valence-electron chi connectivity index (χ3n) is 5.24. The van der Waals surface area contributed by atoms with Gasteiger partial charge >= 0.3 is 0 Å². The van der Waals surface area contributed by atoms with E-state index >= 15 is 0 Å². The van der Waals surface area contributed by atoms with E-state index in [1.165, 1.54) is 24.0 Å². The van der Waals surface area contributed by atoms with Crippen molar-refractivity contribution in [3.63, 3.8) is 0 Å². The molecule has 1 heterocycles. The molecule has 3 rings (SSSR count). The fourth-order valence-electron chi connectivity index (χ4n) is 3.43. The normalized spacial score (nSPS) is 15.7. The first-order valence-electron chi connectivity index (χ1n) is 10.6. The van der Waals surface area contributed by atoms with Crippen LogP contribution in [-0.4, -0.2) is 35.2 Å². The first-order chi connectivity index (χ1) is 14.6. The highest BCUT2D eigenvalue weighted by atomic mass is 35.5. The van der Waals surface area contributed by atoms with Gasteiger partial charge < -0.3 is 10.2 Å². The van der Waals surface area contributed by atoms with Crippen molar-refractivity contribution in [3.05, 3.63) is 70.7 Å². The number of likely N-dealkylation sites (tertiary alicyclic amines) is 1. The lowest BCUT2D eigenvalue weighted by Crippen LogP contribution is -2.54. The van der Waals surface area contributed by atoms with E-state index in [-0.39, 0.29) is 23.7 Å². The van der Waals surface area contributed by atoms with Crippen LogP contribution in [0.15, 0.2) is 54.6 Å². The van der Waals surface area contributed by atoms with Crippen molar-refractivity contribution in [1.29, 1.82) is 0 Å². The summed E-state index contributed by atoms with van der Waals surface area (Å²) in [5, 5.41) is 3.75. The van der Waals surface area contributed by atoms with Gasteiger partial charge in [0.25, 0.3) is 0 Å². The Morgan fingerprint density at radius 2 is 1.73 bits per heavy atom. The van der Waals surface area contributed by atoms with Crippen LogP contribution in [0.5, 0.6) is 0 Å². The Morgan fingerprint density at radius 3 is 2.47 bits per heavy atom. The highest BCUT2D eigenvalue weighted by Crippen LogP contribution is 2.31. The van der Waals surface area contributed by atoms with Crippen LogP contribution in [-0.2, 0) is 21.8 Å². The third kappa shape index (κ3) is 7.37. The van der Waals surface area contributed by atoms with Gasteiger partial charge in [-0.1, -0.05) is 66.9 Å². The van der Waals surface area contributed by atoms with Crippen LogP contribution in [0, 0.1) is 0 Å². The summed E-state index contributed by atoms with van der Waals surface area (Å²) in [6.07, 6.45) is 6.04. The van der Waals surface area contributed by atoms with Gasteiger partial charge in [0, 0.05) is 17.3 Å². The van der Waals surface area contributed by atoms with Gasteiger partial charge in [0.1, 0.15) is 6.54 Å². The predicted octanol–water partition coefficient (Wildman–Crippen LogP) is 5.05. The molecule has 6 heteroatoms. The molecule has 0 saturated carbocycles. The van der Waals surface area contributed by atoms with Crippen LogP contribution in [0.1, 0.15) is 43.2 Å². The standard InChI is InChI=1S/C24H29ClN2O2S/c25-21-13-11-20(12-14-21)18-30-24-16-23(29)27(24)17-22(28)26-15-7-2-1-4-8-19-9-5-3-6-10-19/h3,5-6,9-14,24H,1-2,4,7-8,15-18H2,(H,26,28). The average Bonchev–Trinajstić information content (AvgIpc) is 2.76. The first kappa shape index (κ1) is 22.7. The molecule has 0 aromatic heterocycles. The number of hydrogen-bond acceptors (Lipinski definition) is 3. The molecule has 160 valence electrons. The summed E-state index contributed by atoms with van der Waals surface area (Å²) >= 11 is 7.60. The number of benzene rings is 2. The van der Waals surface area contributed by atoms with Gasteiger partial charge in [-0.3, -0.25) is 9.59 Å². The second-order valence-corrected chi connectivity index (χ2v) is 9.22. The lowest BCUT2D eigenvalue weighted by Gasteiger charge is -2.39. The van der Waals surface area contributed by atoms with E-state index in [9.17, 15) is 9.59 Å². The Hall–Kier alpha value is -1.98. The zero-order valence-corrected chi connectivity index (χ0v) is 18.8. The zero-order valence-electron chi connectivity index (χ0n) is 17.2. The molecule has 4 nitrogen and oxygen atoms in total. The molecule has 1 fully saturated rings. The van der Waals surface area contributed by atoms with Gasteiger partial charge in [-0.15, -0.1) is 11.8 Å². The molecule has 30 heavy (non-hydrogen) atoms. The van der Waals surface area contributed by atoms with Crippen molar-refractivity contribution in [3.8, 4) is 0 Å². The summed E-state index contributed by atoms with van der Waals surface area (Å²) in [6, 6.07) is 18.3. The second kappa shape index (κ2) is 12.0. The number of rotatable bonds is 12. The summed E-state index contributed by atoms with van der Waals surface area (Å²) in [7, 11) is 0. The van der Waals surface area contributed by atoms with Crippen molar-refractivity contribution >= 4 is 35.2 Å². The third-order valence-corrected chi connectivity index (χ3v) is 6.80. The summed E-state index contributed by atoms with van der Waals surface area (Å²) in [4.78, 5) is 25.8. The number of thioether (sulfide) groups is 1. The molecule has 2 aromatic rings. The molecule has 0 radical (unpaired) electrons. The van der Waals surface area contributed by atoms with Gasteiger partial charge in [-0.2, -0.15) is 0 Å². The lowest BCUT2D eigenvalue weighted by atomic mass is 10.1.